The largest absolute Gasteiger partial charge is 0.503 e. The summed E-state index contributed by atoms with van der Waals surface area (Å²) in [4.78, 5) is 8.51. The van der Waals surface area contributed by atoms with E-state index in [1.165, 1.54) is 6.07 Å². The highest BCUT2D eigenvalue weighted by molar-refractivity contribution is 7.85. The van der Waals surface area contributed by atoms with Crippen molar-refractivity contribution >= 4 is 16.3 Å². The van der Waals surface area contributed by atoms with Gasteiger partial charge in [0.05, 0.1) is 4.90 Å². The number of rotatable bonds is 3. The van der Waals surface area contributed by atoms with Crippen molar-refractivity contribution in [3.63, 3.8) is 0 Å². The lowest BCUT2D eigenvalue weighted by Gasteiger charge is -2.02. The first-order valence-electron chi connectivity index (χ1n) is 4.37. The van der Waals surface area contributed by atoms with Gasteiger partial charge in [-0.2, -0.15) is 8.42 Å². The molecule has 0 aliphatic heterocycles. The first-order valence-corrected chi connectivity index (χ1v) is 5.81. The third-order valence-electron chi connectivity index (χ3n) is 1.61. The van der Waals surface area contributed by atoms with E-state index in [2.05, 4.69) is 6.58 Å². The van der Waals surface area contributed by atoms with E-state index in [0.717, 1.165) is 0 Å². The first kappa shape index (κ1) is 15.1. The van der Waals surface area contributed by atoms with Gasteiger partial charge in [0.25, 0.3) is 10.1 Å². The molecule has 1 rings (SSSR count). The summed E-state index contributed by atoms with van der Waals surface area (Å²) in [5, 5.41) is 13.9. The van der Waals surface area contributed by atoms with Crippen LogP contribution in [-0.2, 0) is 16.5 Å². The molecule has 1 aromatic carbocycles. The molecule has 1 aromatic rings. The Hall–Kier alpha value is -1.86. The van der Waals surface area contributed by atoms with Crippen LogP contribution < -0.4 is 0 Å². The van der Waals surface area contributed by atoms with Crippen molar-refractivity contribution in [2.75, 3.05) is 0 Å². The molecule has 0 saturated carbocycles. The zero-order valence-electron chi connectivity index (χ0n) is 8.78. The summed E-state index contributed by atoms with van der Waals surface area (Å²) in [6.07, 6.45) is 0.181. The van der Waals surface area contributed by atoms with Crippen molar-refractivity contribution in [1.29, 1.82) is 0 Å². The Kier molecular flexibility index (Phi) is 5.94. The van der Waals surface area contributed by atoms with Crippen LogP contribution in [0, 0.1) is 0 Å². The molecule has 0 radical (unpaired) electrons. The fourth-order valence-corrected chi connectivity index (χ4v) is 1.81. The molecule has 94 valence electrons. The first-order chi connectivity index (χ1) is 7.79. The van der Waals surface area contributed by atoms with Crippen LogP contribution in [0.3, 0.4) is 0 Å². The van der Waals surface area contributed by atoms with Crippen LogP contribution in [0.5, 0.6) is 0 Å². The van der Waals surface area contributed by atoms with Gasteiger partial charge in [-0.15, -0.1) is 6.58 Å². The smallest absolute Gasteiger partial charge is 0.450 e. The predicted octanol–water partition coefficient (Wildman–Crippen LogP) is 1.88. The summed E-state index contributed by atoms with van der Waals surface area (Å²) < 4.78 is 30.5. The molecule has 17 heavy (non-hydrogen) atoms. The minimum atomic E-state index is -4.10. The highest BCUT2D eigenvalue weighted by atomic mass is 32.2. The Morgan fingerprint density at radius 3 is 2.18 bits per heavy atom. The molecular formula is C10H12O6S. The Balaban J connectivity index is 0.000000557. The molecule has 7 heteroatoms. The van der Waals surface area contributed by atoms with Gasteiger partial charge in [-0.25, -0.2) is 4.79 Å². The Labute approximate surface area is 98.6 Å². The summed E-state index contributed by atoms with van der Waals surface area (Å²) in [5.41, 5.74) is 0.556. The lowest BCUT2D eigenvalue weighted by Crippen LogP contribution is -2.02. The summed E-state index contributed by atoms with van der Waals surface area (Å²) >= 11 is 0. The van der Waals surface area contributed by atoms with E-state index in [1.54, 1.807) is 24.3 Å². The minimum absolute atomic E-state index is 0.0464. The molecule has 0 aliphatic rings. The second kappa shape index (κ2) is 6.66. The lowest BCUT2D eigenvalue weighted by atomic mass is 10.1. The lowest BCUT2D eigenvalue weighted by molar-refractivity contribution is 0.137. The highest BCUT2D eigenvalue weighted by Crippen LogP contribution is 2.15. The molecule has 0 spiro atoms. The van der Waals surface area contributed by atoms with Gasteiger partial charge >= 0.3 is 6.16 Å². The van der Waals surface area contributed by atoms with Crippen LogP contribution in [0.2, 0.25) is 0 Å². The Morgan fingerprint density at radius 2 is 1.76 bits per heavy atom. The zero-order valence-corrected chi connectivity index (χ0v) is 9.59. The van der Waals surface area contributed by atoms with Crippen LogP contribution in [0.25, 0.3) is 0 Å². The number of carboxylic acid groups (broad SMARTS) is 2. The van der Waals surface area contributed by atoms with E-state index in [9.17, 15) is 8.42 Å². The second-order valence-electron chi connectivity index (χ2n) is 2.86. The van der Waals surface area contributed by atoms with E-state index in [4.69, 9.17) is 19.6 Å². The van der Waals surface area contributed by atoms with Gasteiger partial charge in [0.2, 0.25) is 0 Å². The Morgan fingerprint density at radius 1 is 1.29 bits per heavy atom. The van der Waals surface area contributed by atoms with E-state index in [-0.39, 0.29) is 4.90 Å². The van der Waals surface area contributed by atoms with Crippen LogP contribution in [0.1, 0.15) is 5.56 Å². The molecule has 0 saturated heterocycles. The quantitative estimate of drug-likeness (QED) is 0.565. The van der Waals surface area contributed by atoms with Gasteiger partial charge in [-0.3, -0.25) is 4.55 Å². The fourth-order valence-electron chi connectivity index (χ4n) is 1.08. The SMILES string of the molecule is C=CCc1ccccc1S(=O)(=O)O.O=C(O)O. The van der Waals surface area contributed by atoms with Crippen molar-refractivity contribution in [3.8, 4) is 0 Å². The van der Waals surface area contributed by atoms with E-state index in [1.807, 2.05) is 0 Å². The van der Waals surface area contributed by atoms with E-state index < -0.39 is 16.3 Å². The molecule has 6 nitrogen and oxygen atoms in total. The van der Waals surface area contributed by atoms with Crippen molar-refractivity contribution in [3.05, 3.63) is 42.5 Å². The molecule has 3 N–H and O–H groups in total. The minimum Gasteiger partial charge on any atom is -0.450 e. The average Bonchev–Trinajstić information content (AvgIpc) is 2.16. The van der Waals surface area contributed by atoms with Crippen molar-refractivity contribution < 1.29 is 28.0 Å². The van der Waals surface area contributed by atoms with Gasteiger partial charge in [-0.05, 0) is 18.1 Å². The molecule has 0 atom stereocenters. The van der Waals surface area contributed by atoms with Crippen LogP contribution in [-0.4, -0.2) is 29.3 Å². The maximum atomic E-state index is 10.8. The van der Waals surface area contributed by atoms with Gasteiger partial charge in [0.1, 0.15) is 0 Å². The maximum absolute atomic E-state index is 10.8. The van der Waals surface area contributed by atoms with Crippen molar-refractivity contribution in [1.82, 2.24) is 0 Å². The van der Waals surface area contributed by atoms with Gasteiger partial charge in [0, 0.05) is 0 Å². The van der Waals surface area contributed by atoms with E-state index >= 15 is 0 Å². The Bertz CT molecular complexity index is 487. The number of carbonyl (C=O) groups is 1. The highest BCUT2D eigenvalue weighted by Gasteiger charge is 2.12. The molecule has 0 amide bonds. The van der Waals surface area contributed by atoms with Crippen LogP contribution in [0.4, 0.5) is 4.79 Å². The van der Waals surface area contributed by atoms with Crippen LogP contribution >= 0.6 is 0 Å². The normalized spacial score (nSPS) is 9.94. The molecule has 0 fully saturated rings. The number of hydrogen-bond donors (Lipinski definition) is 3. The molecule has 0 bridgehead atoms. The summed E-state index contributed by atoms with van der Waals surface area (Å²) in [6, 6.07) is 6.29. The van der Waals surface area contributed by atoms with Gasteiger partial charge in [-0.1, -0.05) is 24.3 Å². The second-order valence-corrected chi connectivity index (χ2v) is 4.25. The molecule has 0 heterocycles. The zero-order chi connectivity index (χ0) is 13.5. The van der Waals surface area contributed by atoms with Crippen molar-refractivity contribution in [2.45, 2.75) is 11.3 Å². The number of allylic oxidation sites excluding steroid dienone is 1. The summed E-state index contributed by atoms with van der Waals surface area (Å²) in [6.45, 7) is 3.50. The van der Waals surface area contributed by atoms with Gasteiger partial charge < -0.3 is 10.2 Å². The topological polar surface area (TPSA) is 112 Å². The third-order valence-corrected chi connectivity index (χ3v) is 2.57. The molecule has 0 aromatic heterocycles. The number of hydrogen-bond acceptors (Lipinski definition) is 3. The average molecular weight is 260 g/mol. The maximum Gasteiger partial charge on any atom is 0.503 e. The molecule has 0 unspecified atom stereocenters. The van der Waals surface area contributed by atoms with Gasteiger partial charge in [0.15, 0.2) is 0 Å². The van der Waals surface area contributed by atoms with E-state index in [0.29, 0.717) is 12.0 Å². The third kappa shape index (κ3) is 6.33. The predicted molar refractivity (Wildman–Crippen MR) is 60.8 cm³/mol. The molecular weight excluding hydrogens is 248 g/mol. The standard InChI is InChI=1S/C9H10O3S.CH2O3/c1-2-5-8-6-3-4-7-9(8)13(10,11)12;2-1(3)4/h2-4,6-7H,1,5H2,(H,10,11,12);(H2,2,3,4). The number of benzene rings is 1. The molecule has 0 aliphatic carbocycles. The monoisotopic (exact) mass is 260 g/mol. The van der Waals surface area contributed by atoms with Crippen molar-refractivity contribution in [2.24, 2.45) is 0 Å². The summed E-state index contributed by atoms with van der Waals surface area (Å²) in [5.74, 6) is 0. The summed E-state index contributed by atoms with van der Waals surface area (Å²) in [7, 11) is -4.10. The van der Waals surface area contributed by atoms with Crippen LogP contribution in [0.15, 0.2) is 41.8 Å². The fraction of sp³-hybridized carbons (Fsp3) is 0.100.